The van der Waals surface area contributed by atoms with Crippen LogP contribution in [0.15, 0.2) is 6.07 Å². The number of piperidine rings is 1. The molecule has 0 amide bonds. The number of pyridine rings is 1. The number of hydrogen-bond donors (Lipinski definition) is 1. The highest BCUT2D eigenvalue weighted by atomic mass is 35.5. The van der Waals surface area contributed by atoms with Gasteiger partial charge in [-0.3, -0.25) is 0 Å². The molecule has 2 aliphatic rings. The first-order chi connectivity index (χ1) is 7.24. The second-order valence-corrected chi connectivity index (χ2v) is 4.75. The Hall–Kier alpha value is -0.960. The van der Waals surface area contributed by atoms with Gasteiger partial charge < -0.3 is 10.2 Å². The zero-order valence-electron chi connectivity index (χ0n) is 8.76. The summed E-state index contributed by atoms with van der Waals surface area (Å²) in [7, 11) is 0. The van der Waals surface area contributed by atoms with E-state index >= 15 is 0 Å². The normalized spacial score (nSPS) is 23.3. The molecule has 0 aliphatic carbocycles. The highest BCUT2D eigenvalue weighted by Gasteiger charge is 2.28. The van der Waals surface area contributed by atoms with Gasteiger partial charge in [-0.15, -0.1) is 0 Å². The van der Waals surface area contributed by atoms with Crippen molar-refractivity contribution in [3.63, 3.8) is 0 Å². The molecule has 3 nitrogen and oxygen atoms in total. The van der Waals surface area contributed by atoms with E-state index in [-0.39, 0.29) is 0 Å². The first kappa shape index (κ1) is 9.28. The van der Waals surface area contributed by atoms with Gasteiger partial charge in [0.2, 0.25) is 0 Å². The molecule has 0 aromatic carbocycles. The molecule has 80 valence electrons. The molecule has 0 saturated carbocycles. The Morgan fingerprint density at radius 2 is 2.47 bits per heavy atom. The maximum Gasteiger partial charge on any atom is 0.151 e. The van der Waals surface area contributed by atoms with Crippen molar-refractivity contribution in [1.82, 2.24) is 4.98 Å². The predicted octanol–water partition coefficient (Wildman–Crippen LogP) is 2.44. The second kappa shape index (κ2) is 3.27. The number of fused-ring (bicyclic) bond motifs is 4. The van der Waals surface area contributed by atoms with E-state index < -0.39 is 0 Å². The van der Waals surface area contributed by atoms with E-state index in [0.29, 0.717) is 11.2 Å². The minimum Gasteiger partial charge on any atom is -0.366 e. The van der Waals surface area contributed by atoms with Crippen molar-refractivity contribution in [2.45, 2.75) is 25.8 Å². The van der Waals surface area contributed by atoms with E-state index in [1.54, 1.807) is 0 Å². The molecule has 3 heterocycles. The Morgan fingerprint density at radius 1 is 1.60 bits per heavy atom. The van der Waals surface area contributed by atoms with Crippen LogP contribution in [0.25, 0.3) is 0 Å². The average Bonchev–Trinajstić information content (AvgIpc) is 2.22. The fourth-order valence-corrected chi connectivity index (χ4v) is 2.57. The van der Waals surface area contributed by atoms with Crippen LogP contribution >= 0.6 is 11.6 Å². The molecular formula is C11H14ClN3. The summed E-state index contributed by atoms with van der Waals surface area (Å²) in [6.45, 7) is 4.26. The fourth-order valence-electron chi connectivity index (χ4n) is 2.43. The number of nitrogens with zero attached hydrogens (tertiary/aromatic N) is 2. The van der Waals surface area contributed by atoms with Crippen molar-refractivity contribution in [1.29, 1.82) is 0 Å². The van der Waals surface area contributed by atoms with Crippen LogP contribution in [0.3, 0.4) is 0 Å². The Balaban J connectivity index is 2.09. The minimum absolute atomic E-state index is 0.553. The van der Waals surface area contributed by atoms with Crippen molar-refractivity contribution in [2.24, 2.45) is 0 Å². The number of hydrogen-bond acceptors (Lipinski definition) is 3. The lowest BCUT2D eigenvalue weighted by Gasteiger charge is -2.40. The molecule has 2 aliphatic heterocycles. The average molecular weight is 224 g/mol. The number of nitrogens with one attached hydrogen (secondary N) is 1. The van der Waals surface area contributed by atoms with Gasteiger partial charge >= 0.3 is 0 Å². The van der Waals surface area contributed by atoms with Crippen LogP contribution in [-0.2, 0) is 0 Å². The largest absolute Gasteiger partial charge is 0.366 e. The van der Waals surface area contributed by atoms with Crippen LogP contribution < -0.4 is 10.2 Å². The van der Waals surface area contributed by atoms with Gasteiger partial charge in [-0.1, -0.05) is 11.6 Å². The lowest BCUT2D eigenvalue weighted by atomic mass is 10.0. The Morgan fingerprint density at radius 3 is 3.33 bits per heavy atom. The van der Waals surface area contributed by atoms with E-state index in [1.807, 2.05) is 6.92 Å². The molecule has 1 aromatic heterocycles. The summed E-state index contributed by atoms with van der Waals surface area (Å²) in [5.74, 6) is 0.960. The number of anilines is 2. The minimum atomic E-state index is 0.553. The Kier molecular flexibility index (Phi) is 2.02. The van der Waals surface area contributed by atoms with Crippen molar-refractivity contribution in [3.05, 3.63) is 16.8 Å². The van der Waals surface area contributed by atoms with Gasteiger partial charge in [0.1, 0.15) is 5.15 Å². The highest BCUT2D eigenvalue weighted by molar-refractivity contribution is 6.30. The van der Waals surface area contributed by atoms with Crippen molar-refractivity contribution >= 4 is 23.1 Å². The third-order valence-corrected chi connectivity index (χ3v) is 3.62. The van der Waals surface area contributed by atoms with Crippen LogP contribution in [0.5, 0.6) is 0 Å². The summed E-state index contributed by atoms with van der Waals surface area (Å²) in [6, 6.07) is 2.69. The number of halogens is 1. The lowest BCUT2D eigenvalue weighted by Crippen LogP contribution is -2.46. The molecule has 0 radical (unpaired) electrons. The Bertz CT molecular complexity index is 405. The smallest absolute Gasteiger partial charge is 0.151 e. The number of rotatable bonds is 0. The summed E-state index contributed by atoms with van der Waals surface area (Å²) in [5.41, 5.74) is 2.27. The van der Waals surface area contributed by atoms with Gasteiger partial charge in [0.05, 0.1) is 5.69 Å². The van der Waals surface area contributed by atoms with E-state index in [1.165, 1.54) is 18.5 Å². The topological polar surface area (TPSA) is 28.2 Å². The summed E-state index contributed by atoms with van der Waals surface area (Å²) in [6.07, 6.45) is 2.50. The molecule has 0 unspecified atom stereocenters. The molecule has 1 fully saturated rings. The predicted molar refractivity (Wildman–Crippen MR) is 62.8 cm³/mol. The van der Waals surface area contributed by atoms with Crippen molar-refractivity contribution < 1.29 is 0 Å². The quantitative estimate of drug-likeness (QED) is 0.685. The van der Waals surface area contributed by atoms with E-state index in [9.17, 15) is 0 Å². The molecule has 0 spiro atoms. The van der Waals surface area contributed by atoms with Crippen LogP contribution in [0, 0.1) is 6.92 Å². The van der Waals surface area contributed by atoms with Gasteiger partial charge in [0.25, 0.3) is 0 Å². The van der Waals surface area contributed by atoms with Crippen molar-refractivity contribution in [3.8, 4) is 0 Å². The standard InChI is InChI=1S/C11H14ClN3/c1-7-5-9-11(14-10(7)12)13-8-3-2-4-15(9)6-8/h5,8H,2-4,6H2,1H3,(H,13,14)/t8-/m0/s1. The Labute approximate surface area is 94.4 Å². The van der Waals surface area contributed by atoms with Crippen LogP contribution in [0.2, 0.25) is 5.15 Å². The zero-order valence-corrected chi connectivity index (χ0v) is 9.51. The third-order valence-electron chi connectivity index (χ3n) is 3.23. The monoisotopic (exact) mass is 223 g/mol. The summed E-state index contributed by atoms with van der Waals surface area (Å²) >= 11 is 6.03. The molecule has 3 rings (SSSR count). The highest BCUT2D eigenvalue weighted by Crippen LogP contribution is 2.35. The van der Waals surface area contributed by atoms with Crippen LogP contribution in [0.4, 0.5) is 11.5 Å². The first-order valence-electron chi connectivity index (χ1n) is 5.42. The SMILES string of the molecule is Cc1cc2c(nc1Cl)N[C@H]1CCCN2C1. The molecule has 1 atom stereocenters. The molecule has 1 saturated heterocycles. The van der Waals surface area contributed by atoms with Crippen LogP contribution in [-0.4, -0.2) is 24.1 Å². The van der Waals surface area contributed by atoms with Gasteiger partial charge in [0.15, 0.2) is 5.82 Å². The number of aryl methyl sites for hydroxylation is 1. The van der Waals surface area contributed by atoms with Gasteiger partial charge in [-0.2, -0.15) is 0 Å². The fraction of sp³-hybridized carbons (Fsp3) is 0.545. The summed E-state index contributed by atoms with van der Waals surface area (Å²) < 4.78 is 0. The van der Waals surface area contributed by atoms with E-state index in [2.05, 4.69) is 21.3 Å². The molecule has 1 aromatic rings. The molecule has 1 N–H and O–H groups in total. The molecule has 15 heavy (non-hydrogen) atoms. The maximum absolute atomic E-state index is 6.03. The number of aromatic nitrogens is 1. The van der Waals surface area contributed by atoms with Gasteiger partial charge in [-0.25, -0.2) is 4.98 Å². The van der Waals surface area contributed by atoms with Gasteiger partial charge in [0, 0.05) is 19.1 Å². The lowest BCUT2D eigenvalue weighted by molar-refractivity contribution is 0.515. The zero-order chi connectivity index (χ0) is 10.4. The third kappa shape index (κ3) is 1.46. The molecule has 2 bridgehead atoms. The summed E-state index contributed by atoms with van der Waals surface area (Å²) in [4.78, 5) is 6.82. The summed E-state index contributed by atoms with van der Waals surface area (Å²) in [5, 5.41) is 4.07. The molecular weight excluding hydrogens is 210 g/mol. The first-order valence-corrected chi connectivity index (χ1v) is 5.80. The molecule has 4 heteroatoms. The maximum atomic E-state index is 6.03. The van der Waals surface area contributed by atoms with Crippen molar-refractivity contribution in [2.75, 3.05) is 23.3 Å². The van der Waals surface area contributed by atoms with Crippen LogP contribution in [0.1, 0.15) is 18.4 Å². The van der Waals surface area contributed by atoms with Gasteiger partial charge in [-0.05, 0) is 31.4 Å². The van der Waals surface area contributed by atoms with E-state index in [0.717, 1.165) is 24.5 Å². The second-order valence-electron chi connectivity index (χ2n) is 4.39. The van der Waals surface area contributed by atoms with E-state index in [4.69, 9.17) is 11.6 Å².